The van der Waals surface area contributed by atoms with E-state index < -0.39 is 16.1 Å². The Morgan fingerprint density at radius 1 is 1.32 bits per heavy atom. The summed E-state index contributed by atoms with van der Waals surface area (Å²) < 4.78 is 26.9. The fourth-order valence-corrected chi connectivity index (χ4v) is 3.91. The number of β-amino-alcohol motifs (C(OH)–C–C–N with tert-alkyl or cyclic N) is 1. The number of carbonyl (C=O) groups is 1. The lowest BCUT2D eigenvalue weighted by Crippen LogP contribution is -2.47. The number of rotatable bonds is 6. The molecule has 0 aliphatic carbocycles. The van der Waals surface area contributed by atoms with Crippen LogP contribution >= 0.6 is 0 Å². The van der Waals surface area contributed by atoms with Crippen LogP contribution in [0.3, 0.4) is 0 Å². The highest BCUT2D eigenvalue weighted by Gasteiger charge is 2.30. The minimum atomic E-state index is -3.58. The molecule has 2 rings (SSSR count). The smallest absolute Gasteiger partial charge is 0.253 e. The minimum Gasteiger partial charge on any atom is -0.396 e. The zero-order chi connectivity index (χ0) is 18.6. The van der Waals surface area contributed by atoms with Gasteiger partial charge >= 0.3 is 0 Å². The summed E-state index contributed by atoms with van der Waals surface area (Å²) >= 11 is 0. The van der Waals surface area contributed by atoms with Gasteiger partial charge in [-0.05, 0) is 36.6 Å². The number of piperidine rings is 1. The van der Waals surface area contributed by atoms with E-state index >= 15 is 0 Å². The molecule has 2 unspecified atom stereocenters. The maximum absolute atomic E-state index is 12.5. The van der Waals surface area contributed by atoms with Gasteiger partial charge in [-0.15, -0.1) is 0 Å². The highest BCUT2D eigenvalue weighted by atomic mass is 32.2. The molecule has 0 bridgehead atoms. The first-order chi connectivity index (χ1) is 11.7. The third-order valence-corrected chi connectivity index (χ3v) is 5.78. The van der Waals surface area contributed by atoms with Gasteiger partial charge in [-0.2, -0.15) is 0 Å². The van der Waals surface area contributed by atoms with Crippen molar-refractivity contribution in [3.05, 3.63) is 29.8 Å². The monoisotopic (exact) mass is 370 g/mol. The van der Waals surface area contributed by atoms with Crippen LogP contribution in [0, 0.1) is 11.8 Å². The Labute approximate surface area is 148 Å². The third kappa shape index (κ3) is 5.01. The summed E-state index contributed by atoms with van der Waals surface area (Å²) in [6.45, 7) is 4.70. The molecular formula is C17H26N2O5S. The lowest BCUT2D eigenvalue weighted by atomic mass is 9.94. The Kier molecular flexibility index (Phi) is 6.56. The van der Waals surface area contributed by atoms with Crippen molar-refractivity contribution >= 4 is 15.9 Å². The quantitative estimate of drug-likeness (QED) is 0.673. The second-order valence-corrected chi connectivity index (χ2v) is 8.59. The number of nitrogens with zero attached hydrogens (tertiary/aromatic N) is 1. The molecule has 1 aromatic carbocycles. The minimum absolute atomic E-state index is 0.0981. The van der Waals surface area contributed by atoms with E-state index in [0.717, 1.165) is 0 Å². The Bertz CT molecular complexity index is 687. The van der Waals surface area contributed by atoms with Crippen molar-refractivity contribution in [1.82, 2.24) is 9.62 Å². The van der Waals surface area contributed by atoms with Crippen molar-refractivity contribution in [3.63, 3.8) is 0 Å². The fourth-order valence-electron chi connectivity index (χ4n) is 2.70. The predicted molar refractivity (Wildman–Crippen MR) is 93.6 cm³/mol. The van der Waals surface area contributed by atoms with Gasteiger partial charge in [-0.25, -0.2) is 13.1 Å². The number of hydrogen-bond donors (Lipinski definition) is 3. The molecule has 1 saturated heterocycles. The predicted octanol–water partition coefficient (Wildman–Crippen LogP) is 0.436. The number of sulfonamides is 1. The highest BCUT2D eigenvalue weighted by Crippen LogP contribution is 2.20. The fraction of sp³-hybridized carbons (Fsp3) is 0.588. The van der Waals surface area contributed by atoms with Crippen LogP contribution in [0.1, 0.15) is 30.6 Å². The van der Waals surface area contributed by atoms with Gasteiger partial charge in [-0.3, -0.25) is 4.79 Å². The van der Waals surface area contributed by atoms with Gasteiger partial charge in [0.15, 0.2) is 0 Å². The van der Waals surface area contributed by atoms with E-state index in [2.05, 4.69) is 4.72 Å². The highest BCUT2D eigenvalue weighted by molar-refractivity contribution is 7.89. The molecule has 0 spiro atoms. The van der Waals surface area contributed by atoms with Gasteiger partial charge in [0, 0.05) is 37.7 Å². The molecular weight excluding hydrogens is 344 g/mol. The van der Waals surface area contributed by atoms with Crippen molar-refractivity contribution in [3.8, 4) is 0 Å². The lowest BCUT2D eigenvalue weighted by Gasteiger charge is -2.35. The molecule has 0 radical (unpaired) electrons. The second-order valence-electron chi connectivity index (χ2n) is 6.82. The van der Waals surface area contributed by atoms with E-state index in [1.807, 2.05) is 13.8 Å². The van der Waals surface area contributed by atoms with E-state index in [0.29, 0.717) is 25.1 Å². The summed E-state index contributed by atoms with van der Waals surface area (Å²) in [7, 11) is -3.58. The zero-order valence-electron chi connectivity index (χ0n) is 14.6. The molecule has 1 fully saturated rings. The van der Waals surface area contributed by atoms with E-state index in [1.54, 1.807) is 0 Å². The summed E-state index contributed by atoms with van der Waals surface area (Å²) in [5, 5.41) is 19.1. The van der Waals surface area contributed by atoms with E-state index in [4.69, 9.17) is 5.11 Å². The average Bonchev–Trinajstić information content (AvgIpc) is 2.59. The maximum atomic E-state index is 12.5. The van der Waals surface area contributed by atoms with Crippen LogP contribution in [0.5, 0.6) is 0 Å². The van der Waals surface area contributed by atoms with Crippen LogP contribution in [0.4, 0.5) is 0 Å². The summed E-state index contributed by atoms with van der Waals surface area (Å²) in [5.74, 6) is -0.262. The number of nitrogens with one attached hydrogen (secondary N) is 1. The Balaban J connectivity index is 2.06. The molecule has 140 valence electrons. The first-order valence-corrected chi connectivity index (χ1v) is 9.91. The Morgan fingerprint density at radius 2 is 1.96 bits per heavy atom. The maximum Gasteiger partial charge on any atom is 0.253 e. The first-order valence-electron chi connectivity index (χ1n) is 8.42. The largest absolute Gasteiger partial charge is 0.396 e. The summed E-state index contributed by atoms with van der Waals surface area (Å²) in [4.78, 5) is 14.1. The van der Waals surface area contributed by atoms with Crippen LogP contribution in [-0.4, -0.2) is 61.8 Å². The van der Waals surface area contributed by atoms with Crippen LogP contribution in [0.25, 0.3) is 0 Å². The standard InChI is InChI=1S/C17H26N2O5S/c1-12(2)9-18-25(23,24)15-5-3-13(4-6-15)17(22)19-8-7-14(11-20)16(21)10-19/h3-6,12,14,16,18,20-21H,7-11H2,1-2H3. The number of amides is 1. The number of benzene rings is 1. The van der Waals surface area contributed by atoms with E-state index in [-0.39, 0.29) is 35.8 Å². The second kappa shape index (κ2) is 8.27. The molecule has 2 atom stereocenters. The number of aliphatic hydroxyl groups excluding tert-OH is 2. The molecule has 1 aliphatic heterocycles. The number of aliphatic hydroxyl groups is 2. The summed E-state index contributed by atoms with van der Waals surface area (Å²) in [5.41, 5.74) is 0.373. The topological polar surface area (TPSA) is 107 Å². The molecule has 8 heteroatoms. The van der Waals surface area contributed by atoms with Crippen LogP contribution in [0.2, 0.25) is 0 Å². The van der Waals surface area contributed by atoms with Crippen molar-refractivity contribution in [2.75, 3.05) is 26.2 Å². The summed E-state index contributed by atoms with van der Waals surface area (Å²) in [6.07, 6.45) is -0.211. The normalized spacial score (nSPS) is 21.6. The molecule has 1 heterocycles. The van der Waals surface area contributed by atoms with Crippen molar-refractivity contribution in [2.45, 2.75) is 31.3 Å². The molecule has 0 saturated carbocycles. The van der Waals surface area contributed by atoms with Gasteiger partial charge in [0.1, 0.15) is 0 Å². The van der Waals surface area contributed by atoms with E-state index in [9.17, 15) is 18.3 Å². The van der Waals surface area contributed by atoms with Crippen molar-refractivity contribution in [1.29, 1.82) is 0 Å². The molecule has 0 aromatic heterocycles. The summed E-state index contributed by atoms with van der Waals surface area (Å²) in [6, 6.07) is 5.78. The van der Waals surface area contributed by atoms with Gasteiger partial charge < -0.3 is 15.1 Å². The van der Waals surface area contributed by atoms with Gasteiger partial charge in [0.25, 0.3) is 5.91 Å². The van der Waals surface area contributed by atoms with E-state index in [1.165, 1.54) is 29.2 Å². The van der Waals surface area contributed by atoms with Crippen molar-refractivity contribution in [2.24, 2.45) is 11.8 Å². The van der Waals surface area contributed by atoms with Gasteiger partial charge in [-0.1, -0.05) is 13.8 Å². The molecule has 1 aliphatic rings. The Hall–Kier alpha value is -1.48. The number of hydrogen-bond acceptors (Lipinski definition) is 5. The molecule has 3 N–H and O–H groups in total. The molecule has 7 nitrogen and oxygen atoms in total. The lowest BCUT2D eigenvalue weighted by molar-refractivity contribution is 0.000875. The van der Waals surface area contributed by atoms with Crippen LogP contribution in [0.15, 0.2) is 29.2 Å². The first kappa shape index (κ1) is 19.8. The third-order valence-electron chi connectivity index (χ3n) is 4.34. The average molecular weight is 370 g/mol. The zero-order valence-corrected chi connectivity index (χ0v) is 15.4. The number of likely N-dealkylation sites (tertiary alicyclic amines) is 1. The molecule has 25 heavy (non-hydrogen) atoms. The van der Waals surface area contributed by atoms with Gasteiger partial charge in [0.2, 0.25) is 10.0 Å². The van der Waals surface area contributed by atoms with Crippen LogP contribution in [-0.2, 0) is 10.0 Å². The number of carbonyl (C=O) groups excluding carboxylic acids is 1. The van der Waals surface area contributed by atoms with Crippen LogP contribution < -0.4 is 4.72 Å². The Morgan fingerprint density at radius 3 is 2.48 bits per heavy atom. The molecule has 1 amide bonds. The SMILES string of the molecule is CC(C)CNS(=O)(=O)c1ccc(C(=O)N2CCC(CO)C(O)C2)cc1. The van der Waals surface area contributed by atoms with Gasteiger partial charge in [0.05, 0.1) is 11.0 Å². The molecule has 1 aromatic rings. The van der Waals surface area contributed by atoms with Crippen molar-refractivity contribution < 1.29 is 23.4 Å².